The predicted molar refractivity (Wildman–Crippen MR) is 94.0 cm³/mol. The van der Waals surface area contributed by atoms with E-state index in [4.69, 9.17) is 18.3 Å². The highest BCUT2D eigenvalue weighted by atomic mass is 35.5. The molecule has 1 N–H and O–H groups in total. The molecule has 1 aromatic carbocycles. The molecule has 0 fully saturated rings. The number of nitrogens with one attached hydrogen (secondary N) is 1. The van der Waals surface area contributed by atoms with Crippen LogP contribution in [0.15, 0.2) is 64.3 Å². The summed E-state index contributed by atoms with van der Waals surface area (Å²) in [4.78, 5) is 8.18. The number of anilines is 1. The largest absolute Gasteiger partial charge is 0.355 e. The molecule has 0 spiro atoms. The van der Waals surface area contributed by atoms with Crippen molar-refractivity contribution in [3.05, 3.63) is 59.3 Å². The Balaban J connectivity index is 0.00000106. The molecule has 0 aliphatic carbocycles. The summed E-state index contributed by atoms with van der Waals surface area (Å²) in [5.41, 5.74) is 3.30. The standard InChI is InChI=1S/C15H13ClN3.C2H6/c1-4-5-6-12-10(2)18-13-8-7-11(16)9-14(13)19-15(12)17-3;1-2/h3-9,18H,1H2,2H3;1-2H3/q+1;/b6-5-;. The third-order valence-corrected chi connectivity index (χ3v) is 2.91. The molecule has 0 aromatic heterocycles. The molecule has 21 heavy (non-hydrogen) atoms. The fourth-order valence-electron chi connectivity index (χ4n) is 1.78. The van der Waals surface area contributed by atoms with Crippen LogP contribution in [0.4, 0.5) is 11.4 Å². The second-order valence-electron chi connectivity index (χ2n) is 3.98. The van der Waals surface area contributed by atoms with Crippen LogP contribution < -0.4 is 5.32 Å². The van der Waals surface area contributed by atoms with Crippen LogP contribution in [0.2, 0.25) is 5.02 Å². The van der Waals surface area contributed by atoms with Gasteiger partial charge in [0.05, 0.1) is 5.69 Å². The molecule has 0 atom stereocenters. The van der Waals surface area contributed by atoms with Crippen LogP contribution in [0.1, 0.15) is 20.8 Å². The molecule has 1 aliphatic heterocycles. The van der Waals surface area contributed by atoms with Gasteiger partial charge in [0.1, 0.15) is 11.3 Å². The Hall–Kier alpha value is -2.22. The summed E-state index contributed by atoms with van der Waals surface area (Å²) in [5.74, 6) is 0.448. The van der Waals surface area contributed by atoms with E-state index in [0.29, 0.717) is 16.5 Å². The maximum absolute atomic E-state index is 5.98. The molecule has 0 saturated carbocycles. The Morgan fingerprint density at radius 2 is 2.10 bits per heavy atom. The van der Waals surface area contributed by atoms with Gasteiger partial charge in [-0.3, -0.25) is 0 Å². The van der Waals surface area contributed by atoms with Gasteiger partial charge in [-0.1, -0.05) is 44.2 Å². The van der Waals surface area contributed by atoms with Crippen molar-refractivity contribution in [3.63, 3.8) is 0 Å². The third-order valence-electron chi connectivity index (χ3n) is 2.67. The summed E-state index contributed by atoms with van der Waals surface area (Å²) in [6.07, 6.45) is 5.35. The van der Waals surface area contributed by atoms with E-state index in [0.717, 1.165) is 17.0 Å². The first-order valence-corrected chi connectivity index (χ1v) is 7.10. The zero-order valence-electron chi connectivity index (χ0n) is 12.5. The monoisotopic (exact) mass is 300 g/mol. The topological polar surface area (TPSA) is 36.8 Å². The lowest BCUT2D eigenvalue weighted by Gasteiger charge is -2.06. The van der Waals surface area contributed by atoms with E-state index in [1.54, 1.807) is 18.2 Å². The van der Waals surface area contributed by atoms with Gasteiger partial charge in [-0.15, -0.1) is 4.99 Å². The van der Waals surface area contributed by atoms with Crippen LogP contribution in [0.5, 0.6) is 0 Å². The highest BCUT2D eigenvalue weighted by Gasteiger charge is 2.21. The fraction of sp³-hybridized carbons (Fsp3) is 0.176. The molecule has 0 unspecified atom stereocenters. The van der Waals surface area contributed by atoms with Gasteiger partial charge >= 0.3 is 5.84 Å². The van der Waals surface area contributed by atoms with Crippen molar-refractivity contribution in [1.82, 2.24) is 0 Å². The van der Waals surface area contributed by atoms with Crippen molar-refractivity contribution < 1.29 is 0 Å². The zero-order chi connectivity index (χ0) is 15.8. The van der Waals surface area contributed by atoms with Crippen LogP contribution in [0, 0.1) is 0 Å². The minimum Gasteiger partial charge on any atom is -0.355 e. The molecule has 1 aromatic rings. The molecule has 0 saturated heterocycles. The van der Waals surface area contributed by atoms with Crippen LogP contribution in [-0.2, 0) is 0 Å². The summed E-state index contributed by atoms with van der Waals surface area (Å²) >= 11 is 5.98. The van der Waals surface area contributed by atoms with E-state index in [1.165, 1.54) is 0 Å². The highest BCUT2D eigenvalue weighted by Crippen LogP contribution is 2.33. The smallest absolute Gasteiger partial charge is 0.313 e. The van der Waals surface area contributed by atoms with E-state index in [-0.39, 0.29) is 0 Å². The van der Waals surface area contributed by atoms with Gasteiger partial charge in [-0.2, -0.15) is 0 Å². The Kier molecular flexibility index (Phi) is 6.54. The number of benzene rings is 1. The zero-order valence-corrected chi connectivity index (χ0v) is 13.3. The van der Waals surface area contributed by atoms with E-state index >= 15 is 0 Å². The predicted octanol–water partition coefficient (Wildman–Crippen LogP) is 5.42. The Labute approximate surface area is 131 Å². The first kappa shape index (κ1) is 16.8. The summed E-state index contributed by atoms with van der Waals surface area (Å²) in [6.45, 7) is 15.0. The maximum Gasteiger partial charge on any atom is 0.313 e. The quantitative estimate of drug-likeness (QED) is 0.442. The molecule has 108 valence electrons. The molecule has 2 rings (SSSR count). The Morgan fingerprint density at radius 1 is 1.38 bits per heavy atom. The number of aliphatic imine (C=N–C) groups is 2. The molecule has 3 nitrogen and oxygen atoms in total. The van der Waals surface area contributed by atoms with Crippen LogP contribution >= 0.6 is 11.6 Å². The second kappa shape index (κ2) is 8.15. The molecular weight excluding hydrogens is 282 g/mol. The van der Waals surface area contributed by atoms with Crippen molar-refractivity contribution in [2.24, 2.45) is 9.98 Å². The fourth-order valence-corrected chi connectivity index (χ4v) is 1.94. The minimum absolute atomic E-state index is 0.448. The molecule has 4 heteroatoms. The molecular formula is C17H19ClN3+. The van der Waals surface area contributed by atoms with Crippen molar-refractivity contribution in [2.45, 2.75) is 20.8 Å². The van der Waals surface area contributed by atoms with Gasteiger partial charge in [0, 0.05) is 15.7 Å². The second-order valence-corrected chi connectivity index (χ2v) is 4.42. The van der Waals surface area contributed by atoms with Crippen LogP contribution in [0.3, 0.4) is 0 Å². The Bertz CT molecular complexity index is 625. The molecule has 1 aliphatic rings. The van der Waals surface area contributed by atoms with E-state index in [2.05, 4.69) is 21.9 Å². The molecule has 1 heterocycles. The lowest BCUT2D eigenvalue weighted by molar-refractivity contribution is 1.36. The van der Waals surface area contributed by atoms with Crippen molar-refractivity contribution in [1.29, 1.82) is 0 Å². The third kappa shape index (κ3) is 4.12. The number of hydrogen-bond acceptors (Lipinski definition) is 3. The first-order valence-electron chi connectivity index (χ1n) is 6.72. The molecule has 0 radical (unpaired) electrons. The van der Waals surface area contributed by atoms with Gasteiger partial charge in [0.25, 0.3) is 0 Å². The van der Waals surface area contributed by atoms with E-state index in [1.807, 2.05) is 39.0 Å². The normalized spacial score (nSPS) is 13.4. The average Bonchev–Trinajstić information content (AvgIpc) is 2.63. The summed E-state index contributed by atoms with van der Waals surface area (Å²) in [5, 5.41) is 3.89. The number of halogens is 1. The van der Waals surface area contributed by atoms with Gasteiger partial charge in [-0.25, -0.2) is 0 Å². The number of allylic oxidation sites excluding steroid dienone is 3. The minimum atomic E-state index is 0.448. The Morgan fingerprint density at radius 3 is 2.71 bits per heavy atom. The van der Waals surface area contributed by atoms with Gasteiger partial charge in [-0.05, 0) is 31.2 Å². The number of hydrogen-bond donors (Lipinski definition) is 1. The van der Waals surface area contributed by atoms with Gasteiger partial charge in [0.15, 0.2) is 6.72 Å². The van der Waals surface area contributed by atoms with E-state index in [9.17, 15) is 0 Å². The van der Waals surface area contributed by atoms with Crippen molar-refractivity contribution in [3.8, 4) is 0 Å². The number of amidine groups is 1. The first-order chi connectivity index (χ1) is 10.2. The number of nitrogens with zero attached hydrogens (tertiary/aromatic N) is 2. The summed E-state index contributed by atoms with van der Waals surface area (Å²) < 4.78 is 0. The van der Waals surface area contributed by atoms with Crippen LogP contribution in [0.25, 0.3) is 0 Å². The number of rotatable bonds is 2. The van der Waals surface area contributed by atoms with Gasteiger partial charge in [0.2, 0.25) is 0 Å². The summed E-state index contributed by atoms with van der Waals surface area (Å²) in [7, 11) is 0. The summed E-state index contributed by atoms with van der Waals surface area (Å²) in [6, 6.07) is 5.45. The highest BCUT2D eigenvalue weighted by molar-refractivity contribution is 6.31. The SMILES string of the molecule is CC.[CH+]=NC1=Nc2cc(Cl)ccc2NC(C)=C1/C=C\C=C. The molecule has 0 amide bonds. The molecule has 0 bridgehead atoms. The lowest BCUT2D eigenvalue weighted by Crippen LogP contribution is -2.03. The lowest BCUT2D eigenvalue weighted by atomic mass is 10.1. The average molecular weight is 301 g/mol. The van der Waals surface area contributed by atoms with Crippen molar-refractivity contribution >= 4 is 35.5 Å². The van der Waals surface area contributed by atoms with E-state index < -0.39 is 0 Å². The maximum atomic E-state index is 5.98. The van der Waals surface area contributed by atoms with Crippen molar-refractivity contribution in [2.75, 3.05) is 5.32 Å². The number of fused-ring (bicyclic) bond motifs is 1. The van der Waals surface area contributed by atoms with Crippen LogP contribution in [-0.4, -0.2) is 12.6 Å². The van der Waals surface area contributed by atoms with Gasteiger partial charge < -0.3 is 5.32 Å².